The average molecular weight is 234 g/mol. The number of hydrogen-bond acceptors (Lipinski definition) is 4. The van der Waals surface area contributed by atoms with Gasteiger partial charge in [-0.25, -0.2) is 8.42 Å². The van der Waals surface area contributed by atoms with E-state index in [1.54, 1.807) is 20.8 Å². The van der Waals surface area contributed by atoms with Crippen LogP contribution in [-0.2, 0) is 14.8 Å². The number of nitrogens with zero attached hydrogens (tertiary/aromatic N) is 2. The minimum atomic E-state index is -3.83. The smallest absolute Gasteiger partial charge is 0.318 e. The van der Waals surface area contributed by atoms with Crippen molar-refractivity contribution in [3.8, 4) is 6.07 Å². The second kappa shape index (κ2) is 4.59. The molecule has 0 aromatic heterocycles. The zero-order valence-corrected chi connectivity index (χ0v) is 9.71. The predicted molar refractivity (Wildman–Crippen MR) is 53.5 cm³/mol. The standard InChI is InChI=1S/C8H14N2O4S/c1-8(2,3)10(6-7(11)12)15(13,14)5-4-9/h5-6H2,1-3H3,(H,11,12). The van der Waals surface area contributed by atoms with Gasteiger partial charge in [-0.1, -0.05) is 0 Å². The maximum Gasteiger partial charge on any atom is 0.318 e. The van der Waals surface area contributed by atoms with Crippen LogP contribution in [0.4, 0.5) is 0 Å². The Balaban J connectivity index is 5.14. The summed E-state index contributed by atoms with van der Waals surface area (Å²) in [5.41, 5.74) is -0.853. The van der Waals surface area contributed by atoms with Crippen molar-refractivity contribution in [2.45, 2.75) is 26.3 Å². The van der Waals surface area contributed by atoms with Gasteiger partial charge in [-0.15, -0.1) is 0 Å². The molecular weight excluding hydrogens is 220 g/mol. The summed E-state index contributed by atoms with van der Waals surface area (Å²) in [6.07, 6.45) is 0. The maximum absolute atomic E-state index is 11.6. The van der Waals surface area contributed by atoms with Gasteiger partial charge in [-0.05, 0) is 20.8 Å². The van der Waals surface area contributed by atoms with Crippen LogP contribution < -0.4 is 0 Å². The Hall–Kier alpha value is -1.13. The van der Waals surface area contributed by atoms with Gasteiger partial charge in [0, 0.05) is 5.54 Å². The summed E-state index contributed by atoms with van der Waals surface area (Å²) in [6.45, 7) is 4.09. The zero-order chi connectivity index (χ0) is 12.3. The summed E-state index contributed by atoms with van der Waals surface area (Å²) in [7, 11) is -3.83. The van der Waals surface area contributed by atoms with Crippen molar-refractivity contribution in [3.05, 3.63) is 0 Å². The van der Waals surface area contributed by atoms with E-state index >= 15 is 0 Å². The molecule has 0 heterocycles. The molecule has 15 heavy (non-hydrogen) atoms. The summed E-state index contributed by atoms with van der Waals surface area (Å²) < 4.78 is 23.9. The summed E-state index contributed by atoms with van der Waals surface area (Å²) in [6, 6.07) is 1.51. The zero-order valence-electron chi connectivity index (χ0n) is 8.89. The monoisotopic (exact) mass is 234 g/mol. The molecule has 0 saturated heterocycles. The molecule has 6 nitrogen and oxygen atoms in total. The third-order valence-electron chi connectivity index (χ3n) is 1.61. The van der Waals surface area contributed by atoms with Crippen LogP contribution in [0.15, 0.2) is 0 Å². The molecule has 0 radical (unpaired) electrons. The Bertz CT molecular complexity index is 374. The lowest BCUT2D eigenvalue weighted by Gasteiger charge is -2.32. The highest BCUT2D eigenvalue weighted by Crippen LogP contribution is 2.17. The van der Waals surface area contributed by atoms with Crippen LogP contribution in [0.25, 0.3) is 0 Å². The lowest BCUT2D eigenvalue weighted by molar-refractivity contribution is -0.138. The fraction of sp³-hybridized carbons (Fsp3) is 0.750. The van der Waals surface area contributed by atoms with E-state index < -0.39 is 33.8 Å². The van der Waals surface area contributed by atoms with Gasteiger partial charge < -0.3 is 5.11 Å². The number of hydrogen-bond donors (Lipinski definition) is 1. The molecule has 0 aliphatic rings. The van der Waals surface area contributed by atoms with Crippen LogP contribution in [0.1, 0.15) is 20.8 Å². The number of nitriles is 1. The van der Waals surface area contributed by atoms with Gasteiger partial charge in [-0.2, -0.15) is 9.57 Å². The largest absolute Gasteiger partial charge is 0.480 e. The second-order valence-electron chi connectivity index (χ2n) is 3.99. The SMILES string of the molecule is CC(C)(C)N(CC(=O)O)S(=O)(=O)CC#N. The fourth-order valence-electron chi connectivity index (χ4n) is 1.04. The van der Waals surface area contributed by atoms with Gasteiger partial charge in [0.25, 0.3) is 0 Å². The van der Waals surface area contributed by atoms with Gasteiger partial charge in [0.1, 0.15) is 6.54 Å². The normalized spacial score (nSPS) is 12.5. The number of rotatable bonds is 4. The molecule has 0 saturated carbocycles. The number of carboxylic acids is 1. The Morgan fingerprint density at radius 2 is 1.93 bits per heavy atom. The first-order chi connectivity index (χ1) is 6.61. The Morgan fingerprint density at radius 1 is 1.47 bits per heavy atom. The van der Waals surface area contributed by atoms with Crippen molar-refractivity contribution in [3.63, 3.8) is 0 Å². The van der Waals surface area contributed by atoms with Crippen LogP contribution in [0, 0.1) is 11.3 Å². The first-order valence-electron chi connectivity index (χ1n) is 4.20. The molecule has 0 unspecified atom stereocenters. The van der Waals surface area contributed by atoms with Gasteiger partial charge in [0.15, 0.2) is 5.75 Å². The predicted octanol–water partition coefficient (Wildman–Crippen LogP) is 0.0249. The number of carboxylic acid groups (broad SMARTS) is 1. The van der Waals surface area contributed by atoms with Crippen molar-refractivity contribution >= 4 is 16.0 Å². The van der Waals surface area contributed by atoms with E-state index in [1.807, 2.05) is 0 Å². The molecular formula is C8H14N2O4S. The van der Waals surface area contributed by atoms with Gasteiger partial charge >= 0.3 is 5.97 Å². The van der Waals surface area contributed by atoms with Crippen molar-refractivity contribution in [1.29, 1.82) is 5.26 Å². The molecule has 86 valence electrons. The summed E-state index contributed by atoms with van der Waals surface area (Å²) in [4.78, 5) is 10.5. The highest BCUT2D eigenvalue weighted by Gasteiger charge is 2.34. The molecule has 0 bridgehead atoms. The molecule has 0 aromatic carbocycles. The lowest BCUT2D eigenvalue weighted by atomic mass is 10.1. The highest BCUT2D eigenvalue weighted by molar-refractivity contribution is 7.89. The molecule has 0 aliphatic carbocycles. The van der Waals surface area contributed by atoms with Crippen LogP contribution in [0.5, 0.6) is 0 Å². The average Bonchev–Trinajstić information content (AvgIpc) is 1.97. The molecule has 1 N–H and O–H groups in total. The van der Waals surface area contributed by atoms with Gasteiger partial charge in [-0.3, -0.25) is 4.79 Å². The topological polar surface area (TPSA) is 98.5 Å². The van der Waals surface area contributed by atoms with Crippen molar-refractivity contribution in [2.75, 3.05) is 12.3 Å². The van der Waals surface area contributed by atoms with E-state index in [4.69, 9.17) is 10.4 Å². The van der Waals surface area contributed by atoms with Crippen LogP contribution >= 0.6 is 0 Å². The minimum absolute atomic E-state index is 0.631. The molecule has 0 aromatic rings. The highest BCUT2D eigenvalue weighted by atomic mass is 32.2. The van der Waals surface area contributed by atoms with Crippen molar-refractivity contribution in [1.82, 2.24) is 4.31 Å². The number of sulfonamides is 1. The molecule has 0 spiro atoms. The maximum atomic E-state index is 11.6. The van der Waals surface area contributed by atoms with E-state index in [0.29, 0.717) is 0 Å². The van der Waals surface area contributed by atoms with Crippen LogP contribution in [-0.4, -0.2) is 41.6 Å². The number of aliphatic carboxylic acids is 1. The second-order valence-corrected chi connectivity index (χ2v) is 5.88. The third kappa shape index (κ3) is 4.27. The summed E-state index contributed by atoms with van der Waals surface area (Å²) >= 11 is 0. The quantitative estimate of drug-likeness (QED) is 0.739. The molecule has 0 atom stereocenters. The van der Waals surface area contributed by atoms with Crippen molar-refractivity contribution < 1.29 is 18.3 Å². The van der Waals surface area contributed by atoms with E-state index in [-0.39, 0.29) is 0 Å². The van der Waals surface area contributed by atoms with E-state index in [0.717, 1.165) is 4.31 Å². The third-order valence-corrected chi connectivity index (χ3v) is 3.45. The molecule has 0 aliphatic heterocycles. The molecule has 0 amide bonds. The van der Waals surface area contributed by atoms with Crippen LogP contribution in [0.3, 0.4) is 0 Å². The number of carbonyl (C=O) groups is 1. The van der Waals surface area contributed by atoms with E-state index in [2.05, 4.69) is 0 Å². The first-order valence-corrected chi connectivity index (χ1v) is 5.81. The van der Waals surface area contributed by atoms with Gasteiger partial charge in [0.2, 0.25) is 10.0 Å². The van der Waals surface area contributed by atoms with Crippen LogP contribution in [0.2, 0.25) is 0 Å². The van der Waals surface area contributed by atoms with E-state index in [1.165, 1.54) is 6.07 Å². The fourth-order valence-corrected chi connectivity index (χ4v) is 2.50. The summed E-state index contributed by atoms with van der Waals surface area (Å²) in [5, 5.41) is 16.9. The van der Waals surface area contributed by atoms with E-state index in [9.17, 15) is 13.2 Å². The molecule has 0 fully saturated rings. The lowest BCUT2D eigenvalue weighted by Crippen LogP contribution is -2.48. The Labute approximate surface area is 89.2 Å². The minimum Gasteiger partial charge on any atom is -0.480 e. The Kier molecular flexibility index (Phi) is 4.25. The molecule has 7 heteroatoms. The first kappa shape index (κ1) is 13.9. The Morgan fingerprint density at radius 3 is 2.20 bits per heavy atom. The molecule has 0 rings (SSSR count). The summed E-state index contributed by atoms with van der Waals surface area (Å²) in [5.74, 6) is -1.95. The van der Waals surface area contributed by atoms with Gasteiger partial charge in [0.05, 0.1) is 6.07 Å². The van der Waals surface area contributed by atoms with Crippen molar-refractivity contribution in [2.24, 2.45) is 0 Å².